The Morgan fingerprint density at radius 1 is 1.12 bits per heavy atom. The van der Waals surface area contributed by atoms with Crippen LogP contribution in [-0.4, -0.2) is 38.6 Å². The average molecular weight is 482 g/mol. The van der Waals surface area contributed by atoms with Gasteiger partial charge in [0.1, 0.15) is 6.04 Å². The van der Waals surface area contributed by atoms with E-state index in [0.29, 0.717) is 29.0 Å². The number of amides is 2. The number of rotatable bonds is 8. The van der Waals surface area contributed by atoms with Crippen LogP contribution in [0.2, 0.25) is 0 Å². The van der Waals surface area contributed by atoms with Crippen LogP contribution in [0, 0.1) is 6.92 Å². The predicted molar refractivity (Wildman–Crippen MR) is 135 cm³/mol. The number of sulfone groups is 1. The molecule has 0 unspecified atom stereocenters. The SMILES string of the molecule is Cc1cccc(CS(=O)(=O)C[C@H]2Nc3ccc(C(=O)NCCC4=CCCCC4)cc3NC2=O)c1. The van der Waals surface area contributed by atoms with Gasteiger partial charge in [-0.3, -0.25) is 9.59 Å². The molecule has 0 spiro atoms. The first-order chi connectivity index (χ1) is 16.3. The molecular formula is C26H31N3O4S. The van der Waals surface area contributed by atoms with Crippen molar-refractivity contribution in [2.24, 2.45) is 0 Å². The fourth-order valence-corrected chi connectivity index (χ4v) is 5.99. The summed E-state index contributed by atoms with van der Waals surface area (Å²) in [5.41, 5.74) is 4.60. The Morgan fingerprint density at radius 2 is 1.97 bits per heavy atom. The zero-order chi connectivity index (χ0) is 24.1. The molecule has 0 bridgehead atoms. The molecule has 2 aliphatic rings. The highest BCUT2D eigenvalue weighted by molar-refractivity contribution is 7.90. The first-order valence-corrected chi connectivity index (χ1v) is 13.5. The fraction of sp³-hybridized carbons (Fsp3) is 0.385. The first kappa shape index (κ1) is 24.0. The third-order valence-corrected chi connectivity index (χ3v) is 7.81. The molecule has 1 aliphatic heterocycles. The number of hydrogen-bond acceptors (Lipinski definition) is 5. The van der Waals surface area contributed by atoms with Gasteiger partial charge in [0.25, 0.3) is 5.91 Å². The van der Waals surface area contributed by atoms with E-state index in [1.165, 1.54) is 18.4 Å². The van der Waals surface area contributed by atoms with Crippen LogP contribution in [0.5, 0.6) is 0 Å². The number of hydrogen-bond donors (Lipinski definition) is 3. The van der Waals surface area contributed by atoms with Crippen LogP contribution < -0.4 is 16.0 Å². The molecule has 1 heterocycles. The lowest BCUT2D eigenvalue weighted by Gasteiger charge is -2.27. The largest absolute Gasteiger partial charge is 0.371 e. The summed E-state index contributed by atoms with van der Waals surface area (Å²) in [6.45, 7) is 2.49. The Kier molecular flexibility index (Phi) is 7.36. The maximum absolute atomic E-state index is 12.7. The lowest BCUT2D eigenvalue weighted by molar-refractivity contribution is -0.116. The Hall–Kier alpha value is -3.13. The molecule has 2 aromatic rings. The van der Waals surface area contributed by atoms with E-state index in [4.69, 9.17) is 0 Å². The summed E-state index contributed by atoms with van der Waals surface area (Å²) in [4.78, 5) is 25.2. The van der Waals surface area contributed by atoms with Crippen LogP contribution >= 0.6 is 0 Å². The van der Waals surface area contributed by atoms with Crippen LogP contribution in [0.25, 0.3) is 0 Å². The van der Waals surface area contributed by atoms with Crippen molar-refractivity contribution in [2.45, 2.75) is 50.8 Å². The van der Waals surface area contributed by atoms with Gasteiger partial charge < -0.3 is 16.0 Å². The molecule has 1 atom stereocenters. The third-order valence-electron chi connectivity index (χ3n) is 6.19. The summed E-state index contributed by atoms with van der Waals surface area (Å²) in [7, 11) is -3.52. The van der Waals surface area contributed by atoms with Gasteiger partial charge in [0.05, 0.1) is 22.9 Å². The first-order valence-electron chi connectivity index (χ1n) is 11.7. The van der Waals surface area contributed by atoms with Crippen molar-refractivity contribution in [3.8, 4) is 0 Å². The Labute approximate surface area is 200 Å². The third kappa shape index (κ3) is 6.26. The molecule has 0 radical (unpaired) electrons. The number of aryl methyl sites for hydroxylation is 1. The summed E-state index contributed by atoms with van der Waals surface area (Å²) < 4.78 is 25.4. The number of carbonyl (C=O) groups is 2. The lowest BCUT2D eigenvalue weighted by Crippen LogP contribution is -2.43. The van der Waals surface area contributed by atoms with Crippen LogP contribution in [0.15, 0.2) is 54.1 Å². The molecule has 2 aromatic carbocycles. The van der Waals surface area contributed by atoms with E-state index in [9.17, 15) is 18.0 Å². The van der Waals surface area contributed by atoms with Crippen molar-refractivity contribution < 1.29 is 18.0 Å². The van der Waals surface area contributed by atoms with Crippen molar-refractivity contribution in [2.75, 3.05) is 22.9 Å². The second-order valence-corrected chi connectivity index (χ2v) is 11.2. The van der Waals surface area contributed by atoms with Gasteiger partial charge in [0, 0.05) is 12.1 Å². The Balaban J connectivity index is 1.36. The molecular weight excluding hydrogens is 450 g/mol. The van der Waals surface area contributed by atoms with Crippen molar-refractivity contribution in [1.82, 2.24) is 5.32 Å². The van der Waals surface area contributed by atoms with Crippen LogP contribution in [0.4, 0.5) is 11.4 Å². The molecule has 0 aromatic heterocycles. The van der Waals surface area contributed by atoms with Crippen LogP contribution in [-0.2, 0) is 20.4 Å². The highest BCUT2D eigenvalue weighted by Crippen LogP contribution is 2.28. The van der Waals surface area contributed by atoms with Crippen LogP contribution in [0.1, 0.15) is 53.6 Å². The minimum absolute atomic E-state index is 0.122. The average Bonchev–Trinajstić information content (AvgIpc) is 2.79. The van der Waals surface area contributed by atoms with E-state index in [1.807, 2.05) is 25.1 Å². The molecule has 7 nitrogen and oxygen atoms in total. The molecule has 4 rings (SSSR count). The number of anilines is 2. The summed E-state index contributed by atoms with van der Waals surface area (Å²) in [5.74, 6) is -1.06. The standard InChI is InChI=1S/C26H31N3O4S/c1-18-6-5-9-20(14-18)16-34(32,33)17-24-26(31)29-23-15-21(10-11-22(23)28-24)25(30)27-13-12-19-7-3-2-4-8-19/h5-7,9-11,14-15,24,28H,2-4,8,12-13,16-17H2,1H3,(H,27,30)(H,29,31)/t24-/m1/s1. The number of benzene rings is 2. The second-order valence-electron chi connectivity index (χ2n) is 9.10. The van der Waals surface area contributed by atoms with Gasteiger partial charge in [-0.2, -0.15) is 0 Å². The molecule has 1 aliphatic carbocycles. The number of nitrogens with one attached hydrogen (secondary N) is 3. The highest BCUT2D eigenvalue weighted by Gasteiger charge is 2.30. The molecule has 0 saturated carbocycles. The fourth-order valence-electron chi connectivity index (χ4n) is 4.44. The monoisotopic (exact) mass is 481 g/mol. The van der Waals surface area contributed by atoms with Gasteiger partial charge in [-0.25, -0.2) is 8.42 Å². The quantitative estimate of drug-likeness (QED) is 0.495. The number of carbonyl (C=O) groups excluding carboxylic acids is 2. The Bertz CT molecular complexity index is 1220. The van der Waals surface area contributed by atoms with Crippen molar-refractivity contribution in [3.05, 3.63) is 70.8 Å². The summed E-state index contributed by atoms with van der Waals surface area (Å²) in [6.07, 6.45) is 7.81. The van der Waals surface area contributed by atoms with Gasteiger partial charge in [-0.1, -0.05) is 41.5 Å². The zero-order valence-corrected chi connectivity index (χ0v) is 20.2. The molecule has 34 heavy (non-hydrogen) atoms. The summed E-state index contributed by atoms with van der Waals surface area (Å²) in [5, 5.41) is 8.71. The molecule has 180 valence electrons. The van der Waals surface area contributed by atoms with Gasteiger partial charge in [-0.05, 0) is 62.8 Å². The van der Waals surface area contributed by atoms with Gasteiger partial charge in [-0.15, -0.1) is 0 Å². The maximum Gasteiger partial charge on any atom is 0.251 e. The minimum Gasteiger partial charge on any atom is -0.371 e. The second kappa shape index (κ2) is 10.4. The van der Waals surface area contributed by atoms with Crippen molar-refractivity contribution >= 4 is 33.0 Å². The summed E-state index contributed by atoms with van der Waals surface area (Å²) >= 11 is 0. The van der Waals surface area contributed by atoms with E-state index >= 15 is 0 Å². The van der Waals surface area contributed by atoms with E-state index in [2.05, 4.69) is 22.0 Å². The van der Waals surface area contributed by atoms with E-state index in [-0.39, 0.29) is 17.4 Å². The molecule has 0 fully saturated rings. The smallest absolute Gasteiger partial charge is 0.251 e. The zero-order valence-electron chi connectivity index (χ0n) is 19.4. The number of allylic oxidation sites excluding steroid dienone is 1. The number of fused-ring (bicyclic) bond motifs is 1. The summed E-state index contributed by atoms with van der Waals surface area (Å²) in [6, 6.07) is 11.4. The maximum atomic E-state index is 12.7. The van der Waals surface area contributed by atoms with E-state index in [0.717, 1.165) is 24.8 Å². The minimum atomic E-state index is -3.52. The Morgan fingerprint density at radius 3 is 2.74 bits per heavy atom. The molecule has 8 heteroatoms. The van der Waals surface area contributed by atoms with Crippen molar-refractivity contribution in [1.29, 1.82) is 0 Å². The molecule has 2 amide bonds. The van der Waals surface area contributed by atoms with Crippen molar-refractivity contribution in [3.63, 3.8) is 0 Å². The predicted octanol–water partition coefficient (Wildman–Crippen LogP) is 3.96. The molecule has 3 N–H and O–H groups in total. The van der Waals surface area contributed by atoms with Gasteiger partial charge >= 0.3 is 0 Å². The van der Waals surface area contributed by atoms with Gasteiger partial charge in [0.15, 0.2) is 9.84 Å². The highest BCUT2D eigenvalue weighted by atomic mass is 32.2. The van der Waals surface area contributed by atoms with Crippen LogP contribution in [0.3, 0.4) is 0 Å². The molecule has 0 saturated heterocycles. The van der Waals surface area contributed by atoms with E-state index < -0.39 is 21.8 Å². The van der Waals surface area contributed by atoms with E-state index in [1.54, 1.807) is 24.3 Å². The topological polar surface area (TPSA) is 104 Å². The lowest BCUT2D eigenvalue weighted by atomic mass is 9.97. The van der Waals surface area contributed by atoms with Gasteiger partial charge in [0.2, 0.25) is 5.91 Å². The normalized spacial score (nSPS) is 17.7.